The van der Waals surface area contributed by atoms with E-state index in [1.54, 1.807) is 0 Å². The smallest absolute Gasteiger partial charge is 0.659 e. The van der Waals surface area contributed by atoms with Gasteiger partial charge in [-0.15, -0.1) is 22.8 Å². The average molecular weight is 1550 g/mol. The molecule has 6 heterocycles. The predicted octanol–water partition coefficient (Wildman–Crippen LogP) is 19.4. The van der Waals surface area contributed by atoms with Crippen molar-refractivity contribution in [3.63, 3.8) is 0 Å². The van der Waals surface area contributed by atoms with Crippen LogP contribution in [0.3, 0.4) is 0 Å². The molecule has 0 spiro atoms. The molecule has 2 aliphatic heterocycles. The number of aromatic nitrogens is 4. The minimum atomic E-state index is -0.308. The Morgan fingerprint density at radius 3 is 0.794 bits per heavy atom. The number of hydrogen-bond donors (Lipinski definition) is 0. The molecule has 6 aromatic carbocycles. The fourth-order valence-electron chi connectivity index (χ4n) is 13.9. The van der Waals surface area contributed by atoms with Crippen molar-refractivity contribution < 1.29 is 59.8 Å². The van der Waals surface area contributed by atoms with Crippen LogP contribution in [0.4, 0.5) is 34.1 Å². The number of aliphatic imine (C=N–C) groups is 4. The van der Waals surface area contributed by atoms with Gasteiger partial charge in [0.15, 0.2) is 0 Å². The topological polar surface area (TPSA) is 149 Å². The van der Waals surface area contributed by atoms with Crippen LogP contribution in [0.1, 0.15) is 172 Å². The first-order valence-corrected chi connectivity index (χ1v) is 36.0. The summed E-state index contributed by atoms with van der Waals surface area (Å²) < 4.78 is 25.6. The van der Waals surface area contributed by atoms with Crippen LogP contribution in [0.2, 0.25) is 0 Å². The number of rotatable bonds is 9. The quantitative estimate of drug-likeness (QED) is 0.101. The Morgan fingerprint density at radius 2 is 0.569 bits per heavy atom. The zero-order valence-corrected chi connectivity index (χ0v) is 64.6. The van der Waals surface area contributed by atoms with Crippen LogP contribution < -0.4 is 48.7 Å². The van der Waals surface area contributed by atoms with E-state index in [1.165, 1.54) is 70.4 Å². The van der Waals surface area contributed by atoms with Gasteiger partial charge in [-0.3, -0.25) is 20.0 Å². The number of anilines is 2. The third-order valence-electron chi connectivity index (χ3n) is 19.2. The summed E-state index contributed by atoms with van der Waals surface area (Å²) in [5.74, 6) is 2.96. The van der Waals surface area contributed by atoms with Crippen molar-refractivity contribution >= 4 is 59.0 Å². The molecule has 102 heavy (non-hydrogen) atoms. The fourth-order valence-corrected chi connectivity index (χ4v) is 13.9. The molecule has 2 aliphatic rings. The van der Waals surface area contributed by atoms with E-state index in [1.807, 2.05) is 146 Å². The molecule has 0 saturated carbocycles. The molecule has 0 fully saturated rings. The minimum absolute atomic E-state index is 0. The van der Waals surface area contributed by atoms with E-state index in [4.69, 9.17) is 58.9 Å². The van der Waals surface area contributed by atoms with Crippen LogP contribution in [0.15, 0.2) is 190 Å². The molecule has 0 unspecified atom stereocenters. The van der Waals surface area contributed by atoms with Gasteiger partial charge < -0.3 is 48.7 Å². The van der Waals surface area contributed by atoms with Crippen LogP contribution in [-0.4, -0.2) is 77.5 Å². The van der Waals surface area contributed by atoms with Crippen LogP contribution in [-0.2, 0) is 51.7 Å². The van der Waals surface area contributed by atoms with E-state index in [9.17, 15) is 0 Å². The predicted molar refractivity (Wildman–Crippen MR) is 414 cm³/mol. The summed E-state index contributed by atoms with van der Waals surface area (Å²) in [5, 5.41) is 0. The SMILES string of the molecule is CCC1(CC)c2ccc([n-]2)C=Nc2ccccc2OCCN(c2c(C)cc(C)cc2C)CCOc2ccccc2N=Cc2ccc1[n-]2.CCC1(CC)c2ccc([n-]2)C=Nc2ccccc2OCCN(c2c(C)cc(C)cc2C)CCOc2ccccc2N=Cc2ccc1[n-]2.CCCCCC.[Pd+2].[Pd+2]. The van der Waals surface area contributed by atoms with Crippen molar-refractivity contribution in [2.45, 2.75) is 145 Å². The molecule has 14 nitrogen and oxygen atoms in total. The summed E-state index contributed by atoms with van der Waals surface area (Å²) in [4.78, 5) is 44.1. The molecule has 0 saturated heterocycles. The number of ether oxygens (including phenoxy) is 4. The zero-order valence-electron chi connectivity index (χ0n) is 61.5. The van der Waals surface area contributed by atoms with Gasteiger partial charge in [-0.05, 0) is 149 Å². The number of aryl methyl sites for hydroxylation is 6. The number of hydrogen-bond acceptors (Lipinski definition) is 10. The first kappa shape index (κ1) is 79.0. The van der Waals surface area contributed by atoms with Gasteiger partial charge in [0.2, 0.25) is 0 Å². The van der Waals surface area contributed by atoms with E-state index >= 15 is 0 Å². The van der Waals surface area contributed by atoms with Crippen molar-refractivity contribution in [1.29, 1.82) is 0 Å². The summed E-state index contributed by atoms with van der Waals surface area (Å²) >= 11 is 0. The first-order chi connectivity index (χ1) is 48.7. The molecular formula is C86H100N10O4Pd2. The Morgan fingerprint density at radius 1 is 0.333 bits per heavy atom. The second-order valence-electron chi connectivity index (χ2n) is 26.1. The molecule has 12 rings (SSSR count). The van der Waals surface area contributed by atoms with Crippen molar-refractivity contribution in [1.82, 2.24) is 19.9 Å². The molecule has 0 radical (unpaired) electrons. The average Bonchev–Trinajstić information content (AvgIpc) is 1.62. The van der Waals surface area contributed by atoms with Gasteiger partial charge >= 0.3 is 40.8 Å². The summed E-state index contributed by atoms with van der Waals surface area (Å²) in [6, 6.07) is 57.1. The molecule has 538 valence electrons. The number of nitrogens with zero attached hydrogens (tertiary/aromatic N) is 10. The molecule has 0 aliphatic carbocycles. The van der Waals surface area contributed by atoms with Crippen LogP contribution >= 0.6 is 0 Å². The Labute approximate surface area is 633 Å². The second kappa shape index (κ2) is 38.5. The van der Waals surface area contributed by atoms with E-state index in [-0.39, 0.29) is 51.7 Å². The van der Waals surface area contributed by atoms with E-state index in [2.05, 4.69) is 141 Å². The van der Waals surface area contributed by atoms with Crippen molar-refractivity contribution in [3.05, 3.63) is 249 Å². The van der Waals surface area contributed by atoms with E-state index < -0.39 is 0 Å². The van der Waals surface area contributed by atoms with Gasteiger partial charge in [-0.25, -0.2) is 0 Å². The Bertz CT molecular complexity index is 3860. The zero-order chi connectivity index (χ0) is 70.4. The summed E-state index contributed by atoms with van der Waals surface area (Å²) in [7, 11) is 0. The van der Waals surface area contributed by atoms with Gasteiger partial charge in [0.25, 0.3) is 0 Å². The van der Waals surface area contributed by atoms with Crippen LogP contribution in [0.25, 0.3) is 0 Å². The van der Waals surface area contributed by atoms with Gasteiger partial charge in [0, 0.05) is 36.2 Å². The van der Waals surface area contributed by atoms with Crippen molar-refractivity contribution in [2.75, 3.05) is 62.4 Å². The summed E-state index contributed by atoms with van der Waals surface area (Å²) in [5.41, 5.74) is 19.6. The van der Waals surface area contributed by atoms with Gasteiger partial charge in [-0.2, -0.15) is 22.8 Å². The van der Waals surface area contributed by atoms with Crippen LogP contribution in [0.5, 0.6) is 23.0 Å². The number of benzene rings is 6. The third kappa shape index (κ3) is 19.7. The van der Waals surface area contributed by atoms with E-state index in [0.29, 0.717) is 52.6 Å². The third-order valence-corrected chi connectivity index (χ3v) is 19.2. The maximum absolute atomic E-state index is 6.39. The molecule has 0 amide bonds. The van der Waals surface area contributed by atoms with Crippen LogP contribution in [0, 0.1) is 41.5 Å². The largest absolute Gasteiger partial charge is 2.00 e. The van der Waals surface area contributed by atoms with Crippen molar-refractivity contribution in [2.24, 2.45) is 20.0 Å². The Balaban J connectivity index is 0.000000235. The van der Waals surface area contributed by atoms with E-state index in [0.717, 1.165) is 117 Å². The number of fused-ring (bicyclic) bond motifs is 12. The Kier molecular flexibility index (Phi) is 29.8. The van der Waals surface area contributed by atoms with Gasteiger partial charge in [0.1, 0.15) is 72.2 Å². The number of para-hydroxylation sites is 8. The second-order valence-corrected chi connectivity index (χ2v) is 26.1. The minimum Gasteiger partial charge on any atom is -0.659 e. The number of unbranched alkanes of at least 4 members (excludes halogenated alkanes) is 3. The molecule has 0 N–H and O–H groups in total. The molecule has 10 aromatic rings. The van der Waals surface area contributed by atoms with Gasteiger partial charge in [0.05, 0.1) is 26.2 Å². The summed E-state index contributed by atoms with van der Waals surface area (Å²) in [6.07, 6.45) is 16.3. The molecule has 8 bridgehead atoms. The first-order valence-electron chi connectivity index (χ1n) is 36.0. The normalized spacial score (nSPS) is 14.4. The van der Waals surface area contributed by atoms with Gasteiger partial charge in [-0.1, -0.05) is 200 Å². The Hall–Kier alpha value is -8.76. The molecular weight excluding hydrogens is 1450 g/mol. The molecule has 4 aromatic heterocycles. The standard InChI is InChI=1S/2C40H43N5O2.C6H14.2Pd/c2*1-6-40(7-2)37-18-16-31(43-37)26-41-33-12-8-10-14-35(33)46-22-20-45(39-29(4)24-28(3)25-30(39)5)21-23-47-36-15-11-9-13-34(36)42-27-32-17-19-38(40)44-32;1-3-5-6-4-2;;/h2*8-19,24-27H,6-7,20-23H2,1-5H3;3-6H2,1-2H3;;/q2*-2;;2*+2. The fraction of sp³-hybridized carbons (Fsp3) is 0.349. The maximum Gasteiger partial charge on any atom is 2.00 e. The maximum atomic E-state index is 6.39. The molecule has 0 atom stereocenters. The monoisotopic (exact) mass is 1550 g/mol. The van der Waals surface area contributed by atoms with Crippen molar-refractivity contribution in [3.8, 4) is 23.0 Å². The summed E-state index contributed by atoms with van der Waals surface area (Å²) in [6.45, 7) is 30.9. The molecule has 16 heteroatoms.